The Balaban J connectivity index is 2.10. The van der Waals surface area contributed by atoms with Gasteiger partial charge in [0.15, 0.2) is 0 Å². The molecule has 0 spiro atoms. The molecule has 0 aliphatic heterocycles. The second-order valence-corrected chi connectivity index (χ2v) is 11.3. The van der Waals surface area contributed by atoms with E-state index in [2.05, 4.69) is 4.72 Å². The van der Waals surface area contributed by atoms with Crippen molar-refractivity contribution >= 4 is 15.9 Å². The van der Waals surface area contributed by atoms with Gasteiger partial charge in [-0.3, -0.25) is 4.79 Å². The maximum absolute atomic E-state index is 13.9. The monoisotopic (exact) mass is 485 g/mol. The third-order valence-corrected chi connectivity index (χ3v) is 7.49. The number of sulfonamides is 1. The summed E-state index contributed by atoms with van der Waals surface area (Å²) in [4.78, 5) is 10.9. The molecule has 1 aliphatic carbocycles. The van der Waals surface area contributed by atoms with Crippen LogP contribution in [0.25, 0.3) is 11.3 Å². The first-order valence-corrected chi connectivity index (χ1v) is 12.4. The normalized spacial score (nSPS) is 16.2. The molecule has 2 aromatic rings. The van der Waals surface area contributed by atoms with E-state index < -0.39 is 38.1 Å². The van der Waals surface area contributed by atoms with Crippen molar-refractivity contribution in [2.24, 2.45) is 11.7 Å². The molecule has 1 heterocycles. The van der Waals surface area contributed by atoms with E-state index in [1.54, 1.807) is 31.5 Å². The van der Waals surface area contributed by atoms with Crippen LogP contribution >= 0.6 is 0 Å². The van der Waals surface area contributed by atoms with Crippen LogP contribution < -0.4 is 10.5 Å². The third-order valence-electron chi connectivity index (χ3n) is 5.67. The van der Waals surface area contributed by atoms with Crippen LogP contribution in [-0.4, -0.2) is 24.4 Å². The summed E-state index contributed by atoms with van der Waals surface area (Å²) in [5.41, 5.74) is 3.97. The van der Waals surface area contributed by atoms with E-state index in [0.29, 0.717) is 18.2 Å². The number of alkyl halides is 3. The first kappa shape index (κ1) is 25.3. The van der Waals surface area contributed by atoms with Crippen LogP contribution in [0.4, 0.5) is 13.2 Å². The highest BCUT2D eigenvalue weighted by Gasteiger charge is 2.38. The van der Waals surface area contributed by atoms with Crippen molar-refractivity contribution < 1.29 is 26.4 Å². The molecule has 182 valence electrons. The topological polar surface area (TPSA) is 94.2 Å². The predicted octanol–water partition coefficient (Wildman–Crippen LogP) is 4.93. The van der Waals surface area contributed by atoms with E-state index in [0.717, 1.165) is 44.2 Å². The summed E-state index contributed by atoms with van der Waals surface area (Å²) in [6, 6.07) is 4.59. The Morgan fingerprint density at radius 1 is 1.12 bits per heavy atom. The van der Waals surface area contributed by atoms with Crippen LogP contribution in [0.1, 0.15) is 68.8 Å². The number of nitrogens with two attached hydrogens (primary N) is 1. The van der Waals surface area contributed by atoms with E-state index in [1.165, 1.54) is 12.1 Å². The molecule has 1 fully saturated rings. The summed E-state index contributed by atoms with van der Waals surface area (Å²) in [6.45, 7) is 5.21. The highest BCUT2D eigenvalue weighted by Crippen LogP contribution is 2.38. The molecule has 10 heteroatoms. The molecule has 1 amide bonds. The number of nitrogens with zero attached hydrogens (tertiary/aromatic N) is 1. The molecule has 33 heavy (non-hydrogen) atoms. The van der Waals surface area contributed by atoms with Gasteiger partial charge in [-0.05, 0) is 63.3 Å². The van der Waals surface area contributed by atoms with Crippen molar-refractivity contribution in [3.63, 3.8) is 0 Å². The number of hydrogen-bond donors (Lipinski definition) is 2. The van der Waals surface area contributed by atoms with Crippen molar-refractivity contribution in [2.75, 3.05) is 0 Å². The molecule has 0 unspecified atom stereocenters. The van der Waals surface area contributed by atoms with Gasteiger partial charge in [-0.15, -0.1) is 0 Å². The minimum Gasteiger partial charge on any atom is -0.366 e. The summed E-state index contributed by atoms with van der Waals surface area (Å²) in [7, 11) is -4.42. The lowest BCUT2D eigenvalue weighted by molar-refractivity contribution is -0.139. The van der Waals surface area contributed by atoms with Crippen LogP contribution in [0.5, 0.6) is 0 Å². The van der Waals surface area contributed by atoms with Crippen molar-refractivity contribution in [1.29, 1.82) is 0 Å². The molecule has 0 saturated heterocycles. The first-order valence-electron chi connectivity index (χ1n) is 10.9. The summed E-state index contributed by atoms with van der Waals surface area (Å²) in [6.07, 6.45) is 2.02. The molecule has 3 rings (SSSR count). The Kier molecular flexibility index (Phi) is 7.00. The Bertz CT molecular complexity index is 1130. The SMILES string of the molecule is CC(C)(C)NS(=O)(=O)c1ccc(-c2cc(C(N)=O)cn2CC2CCCCC2)cc1C(F)(F)F. The number of carbonyl (C=O) groups excluding carboxylic acids is 1. The Hall–Kier alpha value is -2.33. The van der Waals surface area contributed by atoms with Gasteiger partial charge in [-0.25, -0.2) is 13.1 Å². The van der Waals surface area contributed by atoms with Crippen molar-refractivity contribution in [2.45, 2.75) is 76.0 Å². The molecule has 1 aliphatic rings. The quantitative estimate of drug-likeness (QED) is 0.607. The van der Waals surface area contributed by atoms with Gasteiger partial charge in [0.2, 0.25) is 15.9 Å². The number of nitrogens with one attached hydrogen (secondary N) is 1. The van der Waals surface area contributed by atoms with E-state index in [1.807, 2.05) is 0 Å². The Morgan fingerprint density at radius 3 is 2.30 bits per heavy atom. The average Bonchev–Trinajstić information content (AvgIpc) is 3.10. The summed E-state index contributed by atoms with van der Waals surface area (Å²) in [5, 5.41) is 0. The van der Waals surface area contributed by atoms with Gasteiger partial charge in [0.1, 0.15) is 0 Å². The van der Waals surface area contributed by atoms with Crippen molar-refractivity contribution in [1.82, 2.24) is 9.29 Å². The molecule has 1 saturated carbocycles. The first-order chi connectivity index (χ1) is 15.2. The van der Waals surface area contributed by atoms with Crippen LogP contribution in [0, 0.1) is 5.92 Å². The van der Waals surface area contributed by atoms with Crippen LogP contribution in [0.2, 0.25) is 0 Å². The molecule has 1 aromatic heterocycles. The zero-order chi connectivity index (χ0) is 24.6. The summed E-state index contributed by atoms with van der Waals surface area (Å²) < 4.78 is 71.3. The fraction of sp³-hybridized carbons (Fsp3) is 0.522. The minimum atomic E-state index is -4.90. The molecular formula is C23H30F3N3O3S. The fourth-order valence-corrected chi connectivity index (χ4v) is 5.92. The highest BCUT2D eigenvalue weighted by molar-refractivity contribution is 7.89. The standard InChI is InChI=1S/C23H30F3N3O3S/c1-22(2,3)28-33(31,32)20-10-9-16(11-18(20)23(24,25)26)19-12-17(21(27)30)14-29(19)13-15-7-5-4-6-8-15/h9-12,14-15,28H,4-8,13H2,1-3H3,(H2,27,30). The maximum atomic E-state index is 13.9. The van der Waals surface area contributed by atoms with Gasteiger partial charge in [-0.2, -0.15) is 13.2 Å². The van der Waals surface area contributed by atoms with Crippen LogP contribution in [0.3, 0.4) is 0 Å². The van der Waals surface area contributed by atoms with Gasteiger partial charge >= 0.3 is 6.18 Å². The smallest absolute Gasteiger partial charge is 0.366 e. The van der Waals surface area contributed by atoms with Crippen LogP contribution in [0.15, 0.2) is 35.4 Å². The lowest BCUT2D eigenvalue weighted by Crippen LogP contribution is -2.41. The van der Waals surface area contributed by atoms with E-state index in [9.17, 15) is 26.4 Å². The van der Waals surface area contributed by atoms with Gasteiger partial charge in [0.25, 0.3) is 0 Å². The number of halogens is 3. The highest BCUT2D eigenvalue weighted by atomic mass is 32.2. The Morgan fingerprint density at radius 2 is 1.76 bits per heavy atom. The number of hydrogen-bond acceptors (Lipinski definition) is 3. The number of carbonyl (C=O) groups is 1. The number of amides is 1. The fourth-order valence-electron chi connectivity index (χ4n) is 4.29. The second kappa shape index (κ2) is 9.13. The van der Waals surface area contributed by atoms with E-state index >= 15 is 0 Å². The summed E-state index contributed by atoms with van der Waals surface area (Å²) in [5.74, 6) is -0.327. The number of rotatable bonds is 6. The van der Waals surface area contributed by atoms with Crippen molar-refractivity contribution in [3.05, 3.63) is 41.6 Å². The van der Waals surface area contributed by atoms with E-state index in [4.69, 9.17) is 5.73 Å². The van der Waals surface area contributed by atoms with Gasteiger partial charge in [-0.1, -0.05) is 25.3 Å². The van der Waals surface area contributed by atoms with Gasteiger partial charge < -0.3 is 10.3 Å². The number of benzene rings is 1. The van der Waals surface area contributed by atoms with Gasteiger partial charge in [0, 0.05) is 24.0 Å². The molecular weight excluding hydrogens is 455 g/mol. The zero-order valence-corrected chi connectivity index (χ0v) is 19.8. The molecule has 3 N–H and O–H groups in total. The predicted molar refractivity (Wildman–Crippen MR) is 120 cm³/mol. The van der Waals surface area contributed by atoms with Gasteiger partial charge in [0.05, 0.1) is 16.0 Å². The minimum absolute atomic E-state index is 0.167. The third kappa shape index (κ3) is 6.17. The summed E-state index contributed by atoms with van der Waals surface area (Å²) >= 11 is 0. The largest absolute Gasteiger partial charge is 0.417 e. The zero-order valence-electron chi connectivity index (χ0n) is 19.0. The lowest BCUT2D eigenvalue weighted by atomic mass is 9.89. The molecule has 1 aromatic carbocycles. The maximum Gasteiger partial charge on any atom is 0.417 e. The van der Waals surface area contributed by atoms with Crippen molar-refractivity contribution in [3.8, 4) is 11.3 Å². The second-order valence-electron chi connectivity index (χ2n) is 9.70. The average molecular weight is 486 g/mol. The van der Waals surface area contributed by atoms with Crippen LogP contribution in [-0.2, 0) is 22.7 Å². The molecule has 0 bridgehead atoms. The number of primary amides is 1. The number of aromatic nitrogens is 1. The Labute approximate surface area is 192 Å². The van der Waals surface area contributed by atoms with E-state index in [-0.39, 0.29) is 11.1 Å². The molecule has 6 nitrogen and oxygen atoms in total. The molecule has 0 radical (unpaired) electrons. The lowest BCUT2D eigenvalue weighted by Gasteiger charge is -2.24. The molecule has 0 atom stereocenters.